The molecule has 0 spiro atoms. The maximum atomic E-state index is 8.50. The Kier molecular flexibility index (Phi) is 7.14. The Morgan fingerprint density at radius 2 is 1.45 bits per heavy atom. The van der Waals surface area contributed by atoms with Crippen molar-refractivity contribution in [3.05, 3.63) is 186 Å². The van der Waals surface area contributed by atoms with Crippen molar-refractivity contribution < 1.29 is 41.0 Å². The number of nitrogens with zero attached hydrogens (tertiary/aromatic N) is 4. The summed E-state index contributed by atoms with van der Waals surface area (Å²) in [5, 5.41) is 3.56. The van der Waals surface area contributed by atoms with Crippen LogP contribution in [-0.4, -0.2) is 19.5 Å². The minimum absolute atomic E-state index is 0. The first kappa shape index (κ1) is 27.1. The van der Waals surface area contributed by atoms with Gasteiger partial charge in [-0.2, -0.15) is 0 Å². The van der Waals surface area contributed by atoms with Crippen molar-refractivity contribution in [1.29, 1.82) is 0 Å². The Labute approximate surface area is 379 Å². The van der Waals surface area contributed by atoms with Gasteiger partial charge in [0, 0.05) is 66.3 Å². The monoisotopic (exact) mass is 965 g/mol. The van der Waals surface area contributed by atoms with E-state index in [-0.39, 0.29) is 48.1 Å². The van der Waals surface area contributed by atoms with Gasteiger partial charge < -0.3 is 14.0 Å². The van der Waals surface area contributed by atoms with Crippen LogP contribution >= 0.6 is 0 Å². The smallest absolute Gasteiger partial charge is 0.147 e. The van der Waals surface area contributed by atoms with Crippen molar-refractivity contribution >= 4 is 54.6 Å². The summed E-state index contributed by atoms with van der Waals surface area (Å²) >= 11 is 0. The van der Waals surface area contributed by atoms with Gasteiger partial charge in [-0.3, -0.25) is 4.98 Å². The molecule has 4 aromatic heterocycles. The molecule has 7 aromatic carbocycles. The average Bonchev–Trinajstić information content (AvgIpc) is 3.90. The molecule has 0 unspecified atom stereocenters. The van der Waals surface area contributed by atoms with E-state index in [9.17, 15) is 0 Å². The molecule has 0 saturated carbocycles. The van der Waals surface area contributed by atoms with E-state index < -0.39 is 27.4 Å². The van der Waals surface area contributed by atoms with Gasteiger partial charge in [-0.05, 0) is 101 Å². The van der Waals surface area contributed by atoms with Gasteiger partial charge in [-0.25, -0.2) is 4.98 Å². The molecule has 11 rings (SSSR count). The first-order chi connectivity index (χ1) is 33.6. The van der Waals surface area contributed by atoms with E-state index in [4.69, 9.17) is 20.9 Å². The zero-order valence-electron chi connectivity index (χ0n) is 44.0. The fraction of sp³-hybridized carbons (Fsp3) is 0.0926. The third-order valence-electron chi connectivity index (χ3n) is 10.6. The number of hydrogen-bond donors (Lipinski definition) is 0. The largest absolute Gasteiger partial charge is 0.498 e. The third-order valence-corrected chi connectivity index (χ3v) is 10.6. The molecule has 1 radical (unpaired) electrons. The number of aryl methyl sites for hydroxylation is 5. The molecule has 0 fully saturated rings. The summed E-state index contributed by atoms with van der Waals surface area (Å²) in [5.74, 6) is 0.781. The minimum atomic E-state index is -2.61. The molecule has 0 amide bonds. The van der Waals surface area contributed by atoms with Gasteiger partial charge in [0.25, 0.3) is 0 Å². The van der Waals surface area contributed by atoms with Crippen molar-refractivity contribution in [2.75, 3.05) is 0 Å². The summed E-state index contributed by atoms with van der Waals surface area (Å²) in [6.45, 7) is -9.69. The van der Waals surface area contributed by atoms with Gasteiger partial charge >= 0.3 is 0 Å². The molecule has 293 valence electrons. The second-order valence-electron chi connectivity index (χ2n) is 14.3. The van der Waals surface area contributed by atoms with E-state index in [0.717, 1.165) is 38.9 Å². The van der Waals surface area contributed by atoms with Gasteiger partial charge in [-0.1, -0.05) is 103 Å². The van der Waals surface area contributed by atoms with Crippen LogP contribution in [0.5, 0.6) is 0 Å². The number of furan rings is 1. The van der Waals surface area contributed by atoms with E-state index in [1.54, 1.807) is 42.5 Å². The summed E-state index contributed by atoms with van der Waals surface area (Å²) in [6.07, 6.45) is 1.26. The summed E-state index contributed by atoms with van der Waals surface area (Å²) in [5.41, 5.74) is 7.18. The van der Waals surface area contributed by atoms with Crippen LogP contribution in [0.3, 0.4) is 0 Å². The zero-order chi connectivity index (χ0) is 50.2. The second kappa shape index (κ2) is 15.8. The minimum Gasteiger partial charge on any atom is -0.498 e. The third kappa shape index (κ3) is 6.98. The summed E-state index contributed by atoms with van der Waals surface area (Å²) in [4.78, 5) is 13.6. The van der Waals surface area contributed by atoms with E-state index >= 15 is 0 Å². The molecule has 11 aromatic rings. The molecule has 0 atom stereocenters. The second-order valence-corrected chi connectivity index (χ2v) is 14.3. The molecular formula is C54H40IrN4O-2. The molecule has 0 N–H and O–H groups in total. The Bertz CT molecular complexity index is 3840. The first-order valence-electron chi connectivity index (χ1n) is 24.9. The molecule has 6 heteroatoms. The van der Waals surface area contributed by atoms with Crippen LogP contribution in [0, 0.1) is 39.5 Å². The van der Waals surface area contributed by atoms with Crippen molar-refractivity contribution in [2.45, 2.75) is 27.4 Å². The number of hydrogen-bond acceptors (Lipinski definition) is 4. The fourth-order valence-electron chi connectivity index (χ4n) is 7.67. The molecule has 0 saturated heterocycles. The summed E-state index contributed by atoms with van der Waals surface area (Å²) in [7, 11) is 1.94. The van der Waals surface area contributed by atoms with Gasteiger partial charge in [0.15, 0.2) is 0 Å². The van der Waals surface area contributed by atoms with Gasteiger partial charge in [0.05, 0.1) is 22.4 Å². The molecule has 0 aliphatic heterocycles. The normalized spacial score (nSPS) is 15.1. The predicted molar refractivity (Wildman–Crippen MR) is 243 cm³/mol. The average molecular weight is 965 g/mol. The van der Waals surface area contributed by atoms with Crippen molar-refractivity contribution in [2.24, 2.45) is 7.05 Å². The van der Waals surface area contributed by atoms with E-state index in [1.807, 2.05) is 103 Å². The van der Waals surface area contributed by atoms with Crippen LogP contribution in [0.2, 0.25) is 0 Å². The standard InChI is InChI=1S/C39H27N2O.C15H13N2.Ir/c1-23-18-30-19-28(26-8-5-4-6-9-26)14-15-29(30)20-34(23)35-21-36(40-22-24(35)2)33-11-7-10-31-32-17-16-27-13-12-25(3)41-37(27)39(32)42-38(31)33;1-11-7-9-12(10-8-11)15-16-13-5-3-4-6-14(13)17(15)2;/h4-10,12-22H,1-3H3;3-9H,1-2H3;/q2*-1;/i1D3,2D3,3D3;1D3;. The molecule has 0 bridgehead atoms. The van der Waals surface area contributed by atoms with Gasteiger partial charge in [-0.15, -0.1) is 53.6 Å². The molecule has 60 heavy (non-hydrogen) atoms. The predicted octanol–water partition coefficient (Wildman–Crippen LogP) is 13.8. The molecular weight excluding hydrogens is 913 g/mol. The molecule has 4 heterocycles. The number of rotatable bonds is 4. The molecule has 0 aliphatic carbocycles. The summed E-state index contributed by atoms with van der Waals surface area (Å²) < 4.78 is 105. The quantitative estimate of drug-likeness (QED) is 0.165. The van der Waals surface area contributed by atoms with Crippen molar-refractivity contribution in [1.82, 2.24) is 19.5 Å². The van der Waals surface area contributed by atoms with E-state index in [0.29, 0.717) is 55.0 Å². The summed E-state index contributed by atoms with van der Waals surface area (Å²) in [6, 6.07) is 49.9. The van der Waals surface area contributed by atoms with Crippen molar-refractivity contribution in [3.63, 3.8) is 0 Å². The Morgan fingerprint density at radius 1 is 0.633 bits per heavy atom. The number of benzene rings is 7. The van der Waals surface area contributed by atoms with Crippen LogP contribution in [0.4, 0.5) is 0 Å². The molecule has 5 nitrogen and oxygen atoms in total. The van der Waals surface area contributed by atoms with Crippen LogP contribution in [0.1, 0.15) is 38.8 Å². The first-order valence-corrected chi connectivity index (χ1v) is 18.9. The maximum Gasteiger partial charge on any atom is 0.147 e. The fourth-order valence-corrected chi connectivity index (χ4v) is 7.67. The van der Waals surface area contributed by atoms with Crippen LogP contribution in [0.15, 0.2) is 156 Å². The van der Waals surface area contributed by atoms with Crippen LogP contribution in [-0.2, 0) is 27.2 Å². The van der Waals surface area contributed by atoms with E-state index in [2.05, 4.69) is 27.1 Å². The Balaban J connectivity index is 0.000000255. The zero-order valence-corrected chi connectivity index (χ0v) is 34.4. The number of pyridine rings is 2. The van der Waals surface area contributed by atoms with E-state index in [1.165, 1.54) is 18.3 Å². The number of imidazole rings is 1. The number of para-hydroxylation sites is 2. The maximum absolute atomic E-state index is 8.50. The number of aromatic nitrogens is 4. The van der Waals surface area contributed by atoms with Crippen LogP contribution in [0.25, 0.3) is 99.5 Å². The van der Waals surface area contributed by atoms with Gasteiger partial charge in [0.1, 0.15) is 11.1 Å². The Morgan fingerprint density at radius 3 is 2.27 bits per heavy atom. The van der Waals surface area contributed by atoms with Crippen molar-refractivity contribution in [3.8, 4) is 44.9 Å². The SMILES string of the molecule is [2H]C([2H])([2H])c1c[c-]c(-c2nc3ccccc3n2C)cc1.[2H]C([2H])([2H])c1ccc2ccc3c4cc[c-]c(-c5cc(-c6cc7ccc(-c8ccccc8)cc7cc6C([2H])([2H])[2H])c(C([2H])([2H])[2H])cn5)c4oc3c2n1.[Ir]. The Hall–Kier alpha value is -6.72. The van der Waals surface area contributed by atoms with Gasteiger partial charge in [0.2, 0.25) is 0 Å². The molecule has 0 aliphatic rings. The topological polar surface area (TPSA) is 56.7 Å². The van der Waals surface area contributed by atoms with Crippen LogP contribution < -0.4 is 0 Å². The number of fused-ring (bicyclic) bond motifs is 7.